The molecule has 0 aliphatic carbocycles. The Labute approximate surface area is 375 Å². The first-order chi connectivity index (χ1) is 29.7. The number of carbonyl (C=O) groups excluding carboxylic acids is 1. The number of carboxylic acid groups (broad SMARTS) is 1. The Hall–Kier alpha value is -1.29. The first-order valence-electron chi connectivity index (χ1n) is 25.7. The Balaban J connectivity index is 4.08. The lowest BCUT2D eigenvalue weighted by atomic mass is 10.0. The van der Waals surface area contributed by atoms with Crippen LogP contribution < -0.4 is 5.73 Å². The number of phosphoric ester groups is 1. The summed E-state index contributed by atoms with van der Waals surface area (Å²) in [4.78, 5) is 33.7. The second-order valence-electron chi connectivity index (χ2n) is 17.7. The van der Waals surface area contributed by atoms with E-state index in [0.29, 0.717) is 13.0 Å². The average Bonchev–Trinajstić information content (AvgIpc) is 3.24. The maximum absolute atomic E-state index is 12.7. The van der Waals surface area contributed by atoms with Crippen molar-refractivity contribution in [3.63, 3.8) is 0 Å². The molecule has 11 heteroatoms. The fourth-order valence-electron chi connectivity index (χ4n) is 7.54. The van der Waals surface area contributed by atoms with Gasteiger partial charge in [0, 0.05) is 13.0 Å². The zero-order valence-corrected chi connectivity index (χ0v) is 40.7. The molecule has 0 radical (unpaired) electrons. The predicted molar refractivity (Wildman–Crippen MR) is 254 cm³/mol. The van der Waals surface area contributed by atoms with Crippen LogP contribution in [0.4, 0.5) is 0 Å². The molecule has 10 nitrogen and oxygen atoms in total. The first kappa shape index (κ1) is 59.7. The SMILES string of the molecule is CCCCCCCC/C=C\CCCCCCCCCC(=O)OC(COCCCCCCCCCCCCCCCCCCCCCCCC)COP(=O)(O)OCC(N)C(=O)O. The van der Waals surface area contributed by atoms with Crippen molar-refractivity contribution >= 4 is 19.8 Å². The van der Waals surface area contributed by atoms with Crippen LogP contribution in [0.5, 0.6) is 0 Å². The highest BCUT2D eigenvalue weighted by Crippen LogP contribution is 2.43. The third kappa shape index (κ3) is 46.5. The molecule has 0 saturated heterocycles. The van der Waals surface area contributed by atoms with E-state index in [4.69, 9.17) is 29.4 Å². The lowest BCUT2D eigenvalue weighted by Crippen LogP contribution is -2.34. The normalized spacial score (nSPS) is 13.8. The van der Waals surface area contributed by atoms with Gasteiger partial charge in [-0.1, -0.05) is 225 Å². The molecule has 0 aliphatic rings. The van der Waals surface area contributed by atoms with E-state index >= 15 is 0 Å². The van der Waals surface area contributed by atoms with Crippen molar-refractivity contribution in [1.82, 2.24) is 0 Å². The number of hydrogen-bond donors (Lipinski definition) is 3. The lowest BCUT2D eigenvalue weighted by molar-refractivity contribution is -0.154. The highest BCUT2D eigenvalue weighted by molar-refractivity contribution is 7.47. The topological polar surface area (TPSA) is 155 Å². The van der Waals surface area contributed by atoms with Crippen LogP contribution >= 0.6 is 7.82 Å². The molecule has 61 heavy (non-hydrogen) atoms. The maximum atomic E-state index is 12.7. The van der Waals surface area contributed by atoms with E-state index in [-0.39, 0.29) is 13.0 Å². The molecule has 0 spiro atoms. The monoisotopic (exact) mass is 888 g/mol. The Morgan fingerprint density at radius 2 is 0.852 bits per heavy atom. The largest absolute Gasteiger partial charge is 0.480 e. The van der Waals surface area contributed by atoms with Gasteiger partial charge in [-0.15, -0.1) is 0 Å². The van der Waals surface area contributed by atoms with Gasteiger partial charge in [0.05, 0.1) is 19.8 Å². The van der Waals surface area contributed by atoms with Gasteiger partial charge in [0.15, 0.2) is 0 Å². The maximum Gasteiger partial charge on any atom is 0.472 e. The zero-order valence-electron chi connectivity index (χ0n) is 39.8. The number of aliphatic carboxylic acids is 1. The molecule has 0 saturated carbocycles. The summed E-state index contributed by atoms with van der Waals surface area (Å²) in [6, 6.07) is -1.47. The van der Waals surface area contributed by atoms with Gasteiger partial charge >= 0.3 is 19.8 Å². The zero-order chi connectivity index (χ0) is 44.8. The van der Waals surface area contributed by atoms with Crippen molar-refractivity contribution in [3.05, 3.63) is 12.2 Å². The van der Waals surface area contributed by atoms with Crippen LogP contribution in [0.3, 0.4) is 0 Å². The summed E-state index contributed by atoms with van der Waals surface area (Å²) >= 11 is 0. The Morgan fingerprint density at radius 3 is 1.25 bits per heavy atom. The van der Waals surface area contributed by atoms with Crippen LogP contribution in [-0.4, -0.2) is 60.5 Å². The van der Waals surface area contributed by atoms with E-state index in [1.165, 1.54) is 186 Å². The van der Waals surface area contributed by atoms with Gasteiger partial charge in [-0.2, -0.15) is 0 Å². The molecule has 0 aromatic heterocycles. The van der Waals surface area contributed by atoms with E-state index in [2.05, 4.69) is 26.0 Å². The molecule has 4 N–H and O–H groups in total. The number of unbranched alkanes of at least 4 members (excludes halogenated alkanes) is 34. The fourth-order valence-corrected chi connectivity index (χ4v) is 8.32. The fraction of sp³-hybridized carbons (Fsp3) is 0.920. The van der Waals surface area contributed by atoms with E-state index in [1.807, 2.05) is 0 Å². The number of nitrogens with two attached hydrogens (primary N) is 1. The molecule has 0 amide bonds. The van der Waals surface area contributed by atoms with E-state index < -0.39 is 45.1 Å². The summed E-state index contributed by atoms with van der Waals surface area (Å²) in [7, 11) is -4.62. The molecule has 0 rings (SSSR count). The standard InChI is InChI=1S/C50H98NO9P/c1-3-5-7-9-11-13-15-17-19-21-22-23-24-25-27-29-31-33-35-37-39-41-43-57-44-47(45-58-61(55,56)59-46-48(51)50(53)54)60-49(52)42-40-38-36-34-32-30-28-26-20-18-16-14-12-10-8-6-4-2/h18,20,47-48H,3-17,19,21-46,51H2,1-2H3,(H,53,54)(H,55,56)/b20-18-. The quantitative estimate of drug-likeness (QED) is 0.0233. The van der Waals surface area contributed by atoms with Gasteiger partial charge in [-0.3, -0.25) is 18.6 Å². The summed E-state index contributed by atoms with van der Waals surface area (Å²) in [5.41, 5.74) is 5.37. The number of rotatable bonds is 50. The van der Waals surface area contributed by atoms with Gasteiger partial charge in [0.2, 0.25) is 0 Å². The summed E-state index contributed by atoms with van der Waals surface area (Å²) in [6.45, 7) is 3.93. The van der Waals surface area contributed by atoms with E-state index in [1.54, 1.807) is 0 Å². The van der Waals surface area contributed by atoms with Crippen molar-refractivity contribution in [2.75, 3.05) is 26.4 Å². The van der Waals surface area contributed by atoms with Gasteiger partial charge < -0.3 is 25.2 Å². The Bertz CT molecular complexity index is 1030. The highest BCUT2D eigenvalue weighted by Gasteiger charge is 2.27. The van der Waals surface area contributed by atoms with Crippen LogP contribution in [0.1, 0.15) is 258 Å². The summed E-state index contributed by atoms with van der Waals surface area (Å²) in [6.07, 6.45) is 51.3. The molecule has 3 atom stereocenters. The summed E-state index contributed by atoms with van der Waals surface area (Å²) < 4.78 is 33.5. The molecule has 0 aliphatic heterocycles. The smallest absolute Gasteiger partial charge is 0.472 e. The number of esters is 1. The Kier molecular flexibility index (Phi) is 45.7. The van der Waals surface area contributed by atoms with Crippen molar-refractivity contribution < 1.29 is 42.7 Å². The van der Waals surface area contributed by atoms with Gasteiger partial charge in [0.1, 0.15) is 12.1 Å². The molecule has 0 aromatic rings. The van der Waals surface area contributed by atoms with Crippen molar-refractivity contribution in [3.8, 4) is 0 Å². The molecule has 3 unspecified atom stereocenters. The Morgan fingerprint density at radius 1 is 0.508 bits per heavy atom. The third-order valence-corrected chi connectivity index (χ3v) is 12.5. The number of carbonyl (C=O) groups is 2. The van der Waals surface area contributed by atoms with Crippen LogP contribution in [-0.2, 0) is 32.7 Å². The second-order valence-corrected chi connectivity index (χ2v) is 19.1. The lowest BCUT2D eigenvalue weighted by Gasteiger charge is -2.20. The molecule has 0 bridgehead atoms. The number of allylic oxidation sites excluding steroid dienone is 2. The van der Waals surface area contributed by atoms with Crippen LogP contribution in [0.25, 0.3) is 0 Å². The number of hydrogen-bond acceptors (Lipinski definition) is 8. The molecular weight excluding hydrogens is 790 g/mol. The summed E-state index contributed by atoms with van der Waals surface area (Å²) in [5, 5.41) is 8.92. The minimum absolute atomic E-state index is 0.0217. The minimum Gasteiger partial charge on any atom is -0.480 e. The number of phosphoric acid groups is 1. The molecule has 0 aromatic carbocycles. The average molecular weight is 888 g/mol. The first-order valence-corrected chi connectivity index (χ1v) is 27.2. The molecule has 0 fully saturated rings. The van der Waals surface area contributed by atoms with E-state index in [9.17, 15) is 19.0 Å². The number of ether oxygens (including phenoxy) is 2. The predicted octanol–water partition coefficient (Wildman–Crippen LogP) is 14.9. The van der Waals surface area contributed by atoms with Crippen LogP contribution in [0, 0.1) is 0 Å². The molecule has 362 valence electrons. The third-order valence-electron chi connectivity index (χ3n) is 11.5. The van der Waals surface area contributed by atoms with Crippen molar-refractivity contribution in [2.45, 2.75) is 270 Å². The number of carboxylic acids is 1. The van der Waals surface area contributed by atoms with Crippen LogP contribution in [0.15, 0.2) is 12.2 Å². The van der Waals surface area contributed by atoms with Crippen molar-refractivity contribution in [2.24, 2.45) is 5.73 Å². The molecule has 0 heterocycles. The summed E-state index contributed by atoms with van der Waals surface area (Å²) in [5.74, 6) is -1.77. The van der Waals surface area contributed by atoms with E-state index in [0.717, 1.165) is 44.9 Å². The molecular formula is C50H98NO9P. The van der Waals surface area contributed by atoms with Gasteiger partial charge in [-0.05, 0) is 38.5 Å². The van der Waals surface area contributed by atoms with Crippen molar-refractivity contribution in [1.29, 1.82) is 0 Å². The van der Waals surface area contributed by atoms with Gasteiger partial charge in [0.25, 0.3) is 0 Å². The van der Waals surface area contributed by atoms with Crippen LogP contribution in [0.2, 0.25) is 0 Å². The highest BCUT2D eigenvalue weighted by atomic mass is 31.2. The van der Waals surface area contributed by atoms with Gasteiger partial charge in [-0.25, -0.2) is 4.57 Å². The minimum atomic E-state index is -4.62. The second kappa shape index (κ2) is 46.7.